The molecule has 3 fully saturated rings. The number of aliphatic hydroxyl groups is 1. The number of hydrogen-bond acceptors (Lipinski definition) is 2. The first-order valence-electron chi connectivity index (χ1n) is 13.6. The Bertz CT molecular complexity index is 930. The van der Waals surface area contributed by atoms with Gasteiger partial charge in [0.2, 0.25) is 0 Å². The number of allylic oxidation sites excluding steroid dienone is 2. The van der Waals surface area contributed by atoms with Gasteiger partial charge in [-0.25, -0.2) is 4.39 Å². The first kappa shape index (κ1) is 26.5. The highest BCUT2D eigenvalue weighted by atomic mass is 19.4. The van der Waals surface area contributed by atoms with Crippen LogP contribution in [0.5, 0.6) is 0 Å². The molecule has 0 aromatic rings. The minimum Gasteiger partial charge on any atom is -0.393 e. The van der Waals surface area contributed by atoms with Gasteiger partial charge < -0.3 is 5.11 Å². The largest absolute Gasteiger partial charge is 0.431 e. The summed E-state index contributed by atoms with van der Waals surface area (Å²) >= 11 is 0. The number of halogens is 7. The first-order chi connectivity index (χ1) is 16.8. The molecule has 0 saturated heterocycles. The van der Waals surface area contributed by atoms with Gasteiger partial charge in [0.05, 0.1) is 6.10 Å². The number of Topliss-reactive ketones (excluding diaryl/α,β-unsaturated/α-hetero) is 1. The van der Waals surface area contributed by atoms with Gasteiger partial charge in [0.25, 0.3) is 5.67 Å². The lowest BCUT2D eigenvalue weighted by Crippen LogP contribution is -2.53. The second-order valence-electron chi connectivity index (χ2n) is 12.3. The van der Waals surface area contributed by atoms with Crippen LogP contribution in [0.2, 0.25) is 0 Å². The van der Waals surface area contributed by atoms with Crippen LogP contribution in [0.15, 0.2) is 11.1 Å². The van der Waals surface area contributed by atoms with E-state index in [2.05, 4.69) is 6.92 Å². The molecule has 0 spiro atoms. The molecule has 0 aromatic heterocycles. The highest BCUT2D eigenvalue weighted by molar-refractivity contribution is 6.00. The van der Waals surface area contributed by atoms with Crippen LogP contribution >= 0.6 is 0 Å². The Balaban J connectivity index is 1.55. The van der Waals surface area contributed by atoms with Crippen molar-refractivity contribution < 1.29 is 42.0 Å². The van der Waals surface area contributed by atoms with E-state index in [1.54, 1.807) is 6.92 Å². The summed E-state index contributed by atoms with van der Waals surface area (Å²) in [7, 11) is 0. The normalized spacial score (nSPS) is 39.8. The summed E-state index contributed by atoms with van der Waals surface area (Å²) in [6.45, 7) is 5.89. The van der Waals surface area contributed by atoms with Gasteiger partial charge >= 0.3 is 12.4 Å². The van der Waals surface area contributed by atoms with E-state index in [0.29, 0.717) is 12.3 Å². The van der Waals surface area contributed by atoms with Crippen molar-refractivity contribution in [2.45, 2.75) is 116 Å². The molecular formula is C27H37F7O2. The van der Waals surface area contributed by atoms with E-state index in [4.69, 9.17) is 1.37 Å². The molecular weight excluding hydrogens is 489 g/mol. The molecule has 3 saturated carbocycles. The third-order valence-electron chi connectivity index (χ3n) is 10.4. The molecule has 0 aromatic carbocycles. The Labute approximate surface area is 209 Å². The average molecular weight is 529 g/mol. The minimum atomic E-state index is -6.16. The standard InChI is InChI=1S/C27H37F7O2/c1-15(5-4-10-25(28,26(29,30)31)27(32,33)34)20-14-21(36)22-18-7-6-16-13-17(35)8-11-23(16,2)19(18)9-12-24(20,22)3/h15-17,19-20,35H,4-14H2,1-3H3/t15-,16+,17+,19+,20-,23+,24-/m1/s1/i4T/t4?,15-,16+,17+,19+,20-,23+,24-. The molecule has 4 aliphatic carbocycles. The maximum atomic E-state index is 14.2. The lowest BCUT2D eigenvalue weighted by molar-refractivity contribution is -0.343. The van der Waals surface area contributed by atoms with Crippen LogP contribution in [-0.2, 0) is 4.79 Å². The first-order valence-corrected chi connectivity index (χ1v) is 13.0. The summed E-state index contributed by atoms with van der Waals surface area (Å²) in [6.07, 6.45) is -11.2. The summed E-state index contributed by atoms with van der Waals surface area (Å²) in [5.74, 6) is -0.235. The monoisotopic (exact) mass is 528 g/mol. The predicted octanol–water partition coefficient (Wildman–Crippen LogP) is 7.89. The molecule has 36 heavy (non-hydrogen) atoms. The molecule has 1 N–H and O–H groups in total. The van der Waals surface area contributed by atoms with Crippen LogP contribution in [0.25, 0.3) is 0 Å². The highest BCUT2D eigenvalue weighted by Crippen LogP contribution is 2.65. The van der Waals surface area contributed by atoms with Crippen molar-refractivity contribution in [3.63, 3.8) is 0 Å². The van der Waals surface area contributed by atoms with Crippen LogP contribution in [0, 0.1) is 34.5 Å². The van der Waals surface area contributed by atoms with Gasteiger partial charge in [0, 0.05) is 13.4 Å². The molecule has 0 amide bonds. The fourth-order valence-electron chi connectivity index (χ4n) is 8.27. The lowest BCUT2D eigenvalue weighted by atomic mass is 9.48. The van der Waals surface area contributed by atoms with Gasteiger partial charge in [0.15, 0.2) is 5.78 Å². The van der Waals surface area contributed by atoms with E-state index >= 15 is 0 Å². The summed E-state index contributed by atoms with van der Waals surface area (Å²) in [5, 5.41) is 10.2. The topological polar surface area (TPSA) is 37.3 Å². The molecule has 0 bridgehead atoms. The molecule has 8 atom stereocenters. The third kappa shape index (κ3) is 4.23. The van der Waals surface area contributed by atoms with Crippen molar-refractivity contribution in [3.05, 3.63) is 11.1 Å². The summed E-state index contributed by atoms with van der Waals surface area (Å²) in [5.41, 5.74) is -4.05. The number of fused-ring (bicyclic) bond motifs is 4. The maximum Gasteiger partial charge on any atom is 0.431 e. The van der Waals surface area contributed by atoms with Crippen molar-refractivity contribution in [2.24, 2.45) is 34.5 Å². The molecule has 9 heteroatoms. The number of ketones is 1. The summed E-state index contributed by atoms with van der Waals surface area (Å²) in [4.78, 5) is 13.4. The Morgan fingerprint density at radius 1 is 1.06 bits per heavy atom. The lowest BCUT2D eigenvalue weighted by Gasteiger charge is -2.56. The molecule has 1 unspecified atom stereocenters. The van der Waals surface area contributed by atoms with Crippen LogP contribution in [-0.4, -0.2) is 35.0 Å². The summed E-state index contributed by atoms with van der Waals surface area (Å²) < 4.78 is 100. The van der Waals surface area contributed by atoms with Gasteiger partial charge in [-0.2, -0.15) is 26.3 Å². The average Bonchev–Trinajstić information content (AvgIpc) is 3.03. The molecule has 2 nitrogen and oxygen atoms in total. The van der Waals surface area contributed by atoms with Gasteiger partial charge in [-0.05, 0) is 92.3 Å². The van der Waals surface area contributed by atoms with Crippen LogP contribution in [0.1, 0.15) is 92.7 Å². The highest BCUT2D eigenvalue weighted by Gasteiger charge is 2.71. The fourth-order valence-corrected chi connectivity index (χ4v) is 8.27. The molecule has 0 radical (unpaired) electrons. The minimum absolute atomic E-state index is 0.00293. The van der Waals surface area contributed by atoms with Crippen molar-refractivity contribution in [1.29, 1.82) is 0 Å². The molecule has 4 rings (SSSR count). The number of alkyl halides is 7. The van der Waals surface area contributed by atoms with E-state index < -0.39 is 42.2 Å². The van der Waals surface area contributed by atoms with Crippen LogP contribution in [0.4, 0.5) is 30.7 Å². The van der Waals surface area contributed by atoms with Gasteiger partial charge in [-0.15, -0.1) is 0 Å². The van der Waals surface area contributed by atoms with E-state index in [1.165, 1.54) is 0 Å². The van der Waals surface area contributed by atoms with E-state index in [9.17, 15) is 40.6 Å². The Hall–Kier alpha value is -1.12. The van der Waals surface area contributed by atoms with Gasteiger partial charge in [-0.3, -0.25) is 4.79 Å². The number of aliphatic hydroxyl groups excluding tert-OH is 1. The Morgan fingerprint density at radius 3 is 2.31 bits per heavy atom. The zero-order valence-electron chi connectivity index (χ0n) is 22.0. The van der Waals surface area contributed by atoms with E-state index in [0.717, 1.165) is 49.7 Å². The zero-order chi connectivity index (χ0) is 27.8. The molecule has 0 aliphatic heterocycles. The Morgan fingerprint density at radius 2 is 1.69 bits per heavy atom. The number of hydrogen-bond donors (Lipinski definition) is 1. The van der Waals surface area contributed by atoms with Crippen molar-refractivity contribution in [3.8, 4) is 0 Å². The van der Waals surface area contributed by atoms with Crippen LogP contribution < -0.4 is 0 Å². The van der Waals surface area contributed by atoms with Gasteiger partial charge in [0.1, 0.15) is 0 Å². The van der Waals surface area contributed by atoms with E-state index in [1.807, 2.05) is 6.92 Å². The second-order valence-corrected chi connectivity index (χ2v) is 12.3. The van der Waals surface area contributed by atoms with Crippen molar-refractivity contribution >= 4 is 5.78 Å². The molecule has 4 aliphatic rings. The predicted molar refractivity (Wildman–Crippen MR) is 121 cm³/mol. The zero-order valence-corrected chi connectivity index (χ0v) is 21.0. The third-order valence-corrected chi connectivity index (χ3v) is 10.4. The summed E-state index contributed by atoms with van der Waals surface area (Å²) in [6, 6.07) is 0. The quantitative estimate of drug-likeness (QED) is 0.369. The second kappa shape index (κ2) is 8.98. The number of carbonyl (C=O) groups excluding carboxylic acids is 1. The Kier molecular flexibility index (Phi) is 6.60. The van der Waals surface area contributed by atoms with Crippen molar-refractivity contribution in [1.82, 2.24) is 0 Å². The van der Waals surface area contributed by atoms with E-state index in [-0.39, 0.29) is 42.0 Å². The van der Waals surface area contributed by atoms with Crippen LogP contribution in [0.3, 0.4) is 0 Å². The fraction of sp³-hybridized carbons (Fsp3) is 0.889. The number of carbonyl (C=O) groups is 1. The SMILES string of the molecule is [3H]C(C[C@@H](C)[C@H]1CC(=O)C2=C3CC[C@H]4C[C@@H](O)CC[C@]4(C)[C@H]3CC[C@@]21C)CC(F)(C(F)(F)F)C(F)(F)F. The smallest absolute Gasteiger partial charge is 0.393 e. The van der Waals surface area contributed by atoms with Crippen molar-refractivity contribution in [2.75, 3.05) is 0 Å². The molecule has 206 valence electrons. The maximum absolute atomic E-state index is 14.2. The van der Waals surface area contributed by atoms with Gasteiger partial charge in [-0.1, -0.05) is 32.8 Å². The number of rotatable bonds is 5. The molecule has 0 heterocycles.